The zero-order valence-electron chi connectivity index (χ0n) is 11.7. The van der Waals surface area contributed by atoms with Gasteiger partial charge in [-0.25, -0.2) is 0 Å². The second kappa shape index (κ2) is 6.06. The largest absolute Gasteiger partial charge is 0.396 e. The van der Waals surface area contributed by atoms with Gasteiger partial charge in [-0.3, -0.25) is 9.58 Å². The number of nitrogens with zero attached hydrogens (tertiary/aromatic N) is 3. The molecule has 0 amide bonds. The van der Waals surface area contributed by atoms with E-state index in [0.717, 1.165) is 26.1 Å². The van der Waals surface area contributed by atoms with Crippen molar-refractivity contribution in [3.63, 3.8) is 0 Å². The van der Waals surface area contributed by atoms with E-state index in [1.807, 2.05) is 0 Å². The maximum absolute atomic E-state index is 9.18. The Hall–Kier alpha value is -0.870. The quantitative estimate of drug-likeness (QED) is 0.905. The number of aliphatic hydroxyl groups excluding tert-OH is 1. The minimum Gasteiger partial charge on any atom is -0.396 e. The summed E-state index contributed by atoms with van der Waals surface area (Å²) in [7, 11) is 0. The van der Waals surface area contributed by atoms with Crippen LogP contribution >= 0.6 is 0 Å². The number of aliphatic hydroxyl groups is 1. The van der Waals surface area contributed by atoms with Gasteiger partial charge in [0.1, 0.15) is 0 Å². The van der Waals surface area contributed by atoms with E-state index in [0.29, 0.717) is 18.6 Å². The summed E-state index contributed by atoms with van der Waals surface area (Å²) in [4.78, 5) is 2.41. The molecule has 4 nitrogen and oxygen atoms in total. The van der Waals surface area contributed by atoms with Gasteiger partial charge in [0.05, 0.1) is 11.7 Å². The first kappa shape index (κ1) is 13.1. The minimum atomic E-state index is 0.326. The van der Waals surface area contributed by atoms with Crippen LogP contribution in [-0.4, -0.2) is 39.5 Å². The topological polar surface area (TPSA) is 41.3 Å². The minimum absolute atomic E-state index is 0.326. The van der Waals surface area contributed by atoms with Crippen molar-refractivity contribution in [3.05, 3.63) is 18.0 Å². The maximum Gasteiger partial charge on any atom is 0.0764 e. The number of hydrogen-bond donors (Lipinski definition) is 1. The Kier molecular flexibility index (Phi) is 4.18. The Morgan fingerprint density at radius 2 is 2.05 bits per heavy atom. The molecule has 1 aliphatic carbocycles. The highest BCUT2D eigenvalue weighted by Gasteiger charge is 2.22. The van der Waals surface area contributed by atoms with Crippen molar-refractivity contribution in [2.45, 2.75) is 51.1 Å². The predicted octanol–water partition coefficient (Wildman–Crippen LogP) is 2.20. The maximum atomic E-state index is 9.18. The summed E-state index contributed by atoms with van der Waals surface area (Å²) in [6, 6.07) is 2.80. The molecule has 1 aliphatic heterocycles. The molecule has 2 heterocycles. The van der Waals surface area contributed by atoms with Crippen LogP contribution in [0.5, 0.6) is 0 Å². The summed E-state index contributed by atoms with van der Waals surface area (Å²) in [6.07, 6.45) is 9.95. The molecule has 1 atom stereocenters. The van der Waals surface area contributed by atoms with E-state index in [-0.39, 0.29) is 0 Å². The zero-order chi connectivity index (χ0) is 13.1. The molecule has 0 radical (unpaired) electrons. The number of hydrogen-bond acceptors (Lipinski definition) is 3. The van der Waals surface area contributed by atoms with Gasteiger partial charge in [-0.15, -0.1) is 0 Å². The van der Waals surface area contributed by atoms with Crippen molar-refractivity contribution in [2.24, 2.45) is 5.92 Å². The van der Waals surface area contributed by atoms with Crippen LogP contribution in [0.25, 0.3) is 0 Å². The summed E-state index contributed by atoms with van der Waals surface area (Å²) in [5.74, 6) is 0.473. The molecular formula is C15H25N3O. The SMILES string of the molecule is OCC1CCN(Cc2ccn(C3CCCCC3)n2)C1. The molecule has 1 aromatic rings. The fraction of sp³-hybridized carbons (Fsp3) is 0.800. The normalized spacial score (nSPS) is 26.1. The molecule has 1 saturated heterocycles. The highest BCUT2D eigenvalue weighted by molar-refractivity contribution is 5.00. The Bertz CT molecular complexity index is 398. The van der Waals surface area contributed by atoms with Gasteiger partial charge in [-0.2, -0.15) is 5.10 Å². The lowest BCUT2D eigenvalue weighted by atomic mass is 9.96. The van der Waals surface area contributed by atoms with Gasteiger partial charge in [-0.1, -0.05) is 19.3 Å². The number of aromatic nitrogens is 2. The van der Waals surface area contributed by atoms with Crippen LogP contribution in [-0.2, 0) is 6.54 Å². The molecule has 3 rings (SSSR count). The molecule has 0 bridgehead atoms. The van der Waals surface area contributed by atoms with E-state index in [4.69, 9.17) is 5.10 Å². The van der Waals surface area contributed by atoms with Gasteiger partial charge >= 0.3 is 0 Å². The molecule has 19 heavy (non-hydrogen) atoms. The monoisotopic (exact) mass is 263 g/mol. The molecule has 2 fully saturated rings. The summed E-state index contributed by atoms with van der Waals surface area (Å²) in [6.45, 7) is 3.39. The van der Waals surface area contributed by atoms with Gasteiger partial charge in [0.15, 0.2) is 0 Å². The van der Waals surface area contributed by atoms with Gasteiger partial charge in [0.2, 0.25) is 0 Å². The highest BCUT2D eigenvalue weighted by Crippen LogP contribution is 2.27. The molecule has 1 saturated carbocycles. The molecule has 106 valence electrons. The predicted molar refractivity (Wildman–Crippen MR) is 74.8 cm³/mol. The first-order valence-corrected chi connectivity index (χ1v) is 7.72. The molecule has 0 aromatic carbocycles. The van der Waals surface area contributed by atoms with E-state index < -0.39 is 0 Å². The van der Waals surface area contributed by atoms with E-state index in [9.17, 15) is 5.11 Å². The Labute approximate surface area is 115 Å². The fourth-order valence-electron chi connectivity index (χ4n) is 3.45. The number of likely N-dealkylation sites (tertiary alicyclic amines) is 1. The standard InChI is InChI=1S/C15H25N3O/c19-12-13-6-8-17(10-13)11-14-7-9-18(16-14)15-4-2-1-3-5-15/h7,9,13,15,19H,1-6,8,10-12H2. The third-order valence-electron chi connectivity index (χ3n) is 4.63. The summed E-state index contributed by atoms with van der Waals surface area (Å²) in [5.41, 5.74) is 1.18. The van der Waals surface area contributed by atoms with Crippen molar-refractivity contribution in [1.29, 1.82) is 0 Å². The molecule has 2 aliphatic rings. The van der Waals surface area contributed by atoms with Gasteiger partial charge < -0.3 is 5.11 Å². The van der Waals surface area contributed by atoms with Crippen LogP contribution in [0.1, 0.15) is 50.3 Å². The van der Waals surface area contributed by atoms with E-state index in [1.165, 1.54) is 37.8 Å². The summed E-state index contributed by atoms with van der Waals surface area (Å²) < 4.78 is 2.19. The second-order valence-electron chi connectivity index (χ2n) is 6.15. The van der Waals surface area contributed by atoms with Crippen LogP contribution in [0.3, 0.4) is 0 Å². The van der Waals surface area contributed by atoms with Crippen molar-refractivity contribution < 1.29 is 5.11 Å². The van der Waals surface area contributed by atoms with Crippen LogP contribution in [0, 0.1) is 5.92 Å². The summed E-state index contributed by atoms with van der Waals surface area (Å²) >= 11 is 0. The van der Waals surface area contributed by atoms with E-state index in [1.54, 1.807) is 0 Å². The van der Waals surface area contributed by atoms with Gasteiger partial charge in [0.25, 0.3) is 0 Å². The van der Waals surface area contributed by atoms with Crippen LogP contribution in [0.2, 0.25) is 0 Å². The smallest absolute Gasteiger partial charge is 0.0764 e. The molecular weight excluding hydrogens is 238 g/mol. The highest BCUT2D eigenvalue weighted by atomic mass is 16.3. The molecule has 1 aromatic heterocycles. The average molecular weight is 263 g/mol. The van der Waals surface area contributed by atoms with Crippen LogP contribution in [0.4, 0.5) is 0 Å². The zero-order valence-corrected chi connectivity index (χ0v) is 11.7. The number of rotatable bonds is 4. The van der Waals surface area contributed by atoms with Crippen LogP contribution < -0.4 is 0 Å². The van der Waals surface area contributed by atoms with Gasteiger partial charge in [0, 0.05) is 25.9 Å². The van der Waals surface area contributed by atoms with Crippen molar-refractivity contribution >= 4 is 0 Å². The Morgan fingerprint density at radius 1 is 1.21 bits per heavy atom. The first-order valence-electron chi connectivity index (χ1n) is 7.72. The lowest BCUT2D eigenvalue weighted by Gasteiger charge is -2.22. The first-order chi connectivity index (χ1) is 9.35. The fourth-order valence-corrected chi connectivity index (χ4v) is 3.45. The molecule has 4 heteroatoms. The molecule has 1 unspecified atom stereocenters. The van der Waals surface area contributed by atoms with Crippen molar-refractivity contribution in [2.75, 3.05) is 19.7 Å². The van der Waals surface area contributed by atoms with Crippen molar-refractivity contribution in [1.82, 2.24) is 14.7 Å². The van der Waals surface area contributed by atoms with E-state index >= 15 is 0 Å². The van der Waals surface area contributed by atoms with E-state index in [2.05, 4.69) is 21.8 Å². The third kappa shape index (κ3) is 3.18. The van der Waals surface area contributed by atoms with Crippen molar-refractivity contribution in [3.8, 4) is 0 Å². The summed E-state index contributed by atoms with van der Waals surface area (Å²) in [5, 5.41) is 13.9. The molecule has 1 N–H and O–H groups in total. The second-order valence-corrected chi connectivity index (χ2v) is 6.15. The lowest BCUT2D eigenvalue weighted by Crippen LogP contribution is -2.21. The van der Waals surface area contributed by atoms with Crippen LogP contribution in [0.15, 0.2) is 12.3 Å². The molecule has 0 spiro atoms. The Morgan fingerprint density at radius 3 is 2.79 bits per heavy atom. The Balaban J connectivity index is 1.56. The third-order valence-corrected chi connectivity index (χ3v) is 4.63. The lowest BCUT2D eigenvalue weighted by molar-refractivity contribution is 0.219. The van der Waals surface area contributed by atoms with Gasteiger partial charge in [-0.05, 0) is 37.8 Å². The average Bonchev–Trinajstić information content (AvgIpc) is 3.09.